The second kappa shape index (κ2) is 10.3. The molecule has 2 N–H and O–H groups in total. The zero-order valence-corrected chi connectivity index (χ0v) is 17.9. The van der Waals surface area contributed by atoms with Gasteiger partial charge in [0.05, 0.1) is 5.56 Å². The van der Waals surface area contributed by atoms with Crippen LogP contribution in [-0.2, 0) is 25.4 Å². The number of hydrogen-bond acceptors (Lipinski definition) is 8. The maximum atomic E-state index is 12.4. The van der Waals surface area contributed by atoms with Gasteiger partial charge in [0, 0.05) is 26.8 Å². The number of methoxy groups -OCH3 is 2. The van der Waals surface area contributed by atoms with Gasteiger partial charge in [0.25, 0.3) is 0 Å². The first kappa shape index (κ1) is 24.7. The Kier molecular flexibility index (Phi) is 7.72. The van der Waals surface area contributed by atoms with Crippen molar-refractivity contribution in [2.45, 2.75) is 43.6 Å². The highest BCUT2D eigenvalue weighted by molar-refractivity contribution is 5.89. The van der Waals surface area contributed by atoms with Gasteiger partial charge in [-0.1, -0.05) is 12.1 Å². The number of nitrogens with zero attached hydrogens (tertiary/aromatic N) is 2. The number of carbonyl (C=O) groups is 1. The van der Waals surface area contributed by atoms with Gasteiger partial charge in [0.15, 0.2) is 6.23 Å². The molecule has 4 atom stereocenters. The number of esters is 1. The molecule has 12 heteroatoms. The van der Waals surface area contributed by atoms with Crippen LogP contribution in [0.1, 0.15) is 28.6 Å². The number of carbonyl (C=O) groups excluding carboxylic acids is 1. The lowest BCUT2D eigenvalue weighted by Crippen LogP contribution is -2.39. The normalized spacial score (nSPS) is 22.9. The molecule has 3 unspecified atom stereocenters. The molecule has 1 aromatic carbocycles. The van der Waals surface area contributed by atoms with E-state index in [1.165, 1.54) is 55.3 Å². The Morgan fingerprint density at radius 2 is 1.82 bits per heavy atom. The highest BCUT2D eigenvalue weighted by Crippen LogP contribution is 2.32. The van der Waals surface area contributed by atoms with E-state index in [1.807, 2.05) is 0 Å². The summed E-state index contributed by atoms with van der Waals surface area (Å²) in [4.78, 5) is 28.3. The van der Waals surface area contributed by atoms with Crippen molar-refractivity contribution >= 4 is 11.8 Å². The SMILES string of the molecule is COC1C(COC(=O)c2ccc(CCC(F)(F)F)cc2)O[C@@H](n2ccc(N)nc2=O)C1OC. The summed E-state index contributed by atoms with van der Waals surface area (Å²) in [7, 11) is 2.86. The zero-order valence-electron chi connectivity index (χ0n) is 17.9. The summed E-state index contributed by atoms with van der Waals surface area (Å²) in [6, 6.07) is 7.13. The molecule has 0 bridgehead atoms. The number of aryl methyl sites for hydroxylation is 1. The molecular formula is C21H24F3N3O6. The summed E-state index contributed by atoms with van der Waals surface area (Å²) in [5.41, 5.74) is 5.52. The molecule has 1 saturated heterocycles. The van der Waals surface area contributed by atoms with Gasteiger partial charge in [0.1, 0.15) is 30.7 Å². The second-order valence-corrected chi connectivity index (χ2v) is 7.42. The Labute approximate surface area is 187 Å². The van der Waals surface area contributed by atoms with Crippen LogP contribution >= 0.6 is 0 Å². The van der Waals surface area contributed by atoms with Crippen molar-refractivity contribution in [2.75, 3.05) is 26.6 Å². The number of anilines is 1. The number of hydrogen-bond donors (Lipinski definition) is 1. The minimum absolute atomic E-state index is 0.0569. The Balaban J connectivity index is 1.65. The lowest BCUT2D eigenvalue weighted by Gasteiger charge is -2.22. The lowest BCUT2D eigenvalue weighted by molar-refractivity contribution is -0.134. The predicted octanol–water partition coefficient (Wildman–Crippen LogP) is 2.10. The Morgan fingerprint density at radius 1 is 1.15 bits per heavy atom. The molecule has 0 spiro atoms. The van der Waals surface area contributed by atoms with Crippen molar-refractivity contribution < 1.29 is 36.9 Å². The van der Waals surface area contributed by atoms with Crippen LogP contribution in [0.4, 0.5) is 19.0 Å². The Morgan fingerprint density at radius 3 is 2.39 bits per heavy atom. The minimum Gasteiger partial charge on any atom is -0.459 e. The first-order valence-corrected chi connectivity index (χ1v) is 10.0. The largest absolute Gasteiger partial charge is 0.459 e. The number of aromatic nitrogens is 2. The smallest absolute Gasteiger partial charge is 0.389 e. The van der Waals surface area contributed by atoms with E-state index < -0.39 is 48.8 Å². The molecule has 0 radical (unpaired) electrons. The average molecular weight is 471 g/mol. The third kappa shape index (κ3) is 6.09. The topological polar surface area (TPSA) is 115 Å². The summed E-state index contributed by atoms with van der Waals surface area (Å²) in [6.07, 6.45) is -6.96. The molecule has 0 aliphatic carbocycles. The first-order chi connectivity index (χ1) is 15.6. The molecule has 2 heterocycles. The molecular weight excluding hydrogens is 447 g/mol. The van der Waals surface area contributed by atoms with Gasteiger partial charge in [0.2, 0.25) is 0 Å². The summed E-state index contributed by atoms with van der Waals surface area (Å²) in [5, 5.41) is 0. The van der Waals surface area contributed by atoms with E-state index in [0.29, 0.717) is 5.56 Å². The molecule has 1 fully saturated rings. The summed E-state index contributed by atoms with van der Waals surface area (Å²) in [6.45, 7) is -0.208. The quantitative estimate of drug-likeness (QED) is 0.583. The fourth-order valence-corrected chi connectivity index (χ4v) is 3.56. The number of nitrogen functional groups attached to an aromatic ring is 1. The summed E-state index contributed by atoms with van der Waals surface area (Å²) < 4.78 is 60.4. The van der Waals surface area contributed by atoms with E-state index in [1.54, 1.807) is 0 Å². The van der Waals surface area contributed by atoms with E-state index in [-0.39, 0.29) is 24.4 Å². The van der Waals surface area contributed by atoms with Crippen molar-refractivity contribution in [3.8, 4) is 0 Å². The summed E-state index contributed by atoms with van der Waals surface area (Å²) >= 11 is 0. The van der Waals surface area contributed by atoms with Crippen molar-refractivity contribution in [1.82, 2.24) is 9.55 Å². The lowest BCUT2D eigenvalue weighted by atomic mass is 10.1. The van der Waals surface area contributed by atoms with Gasteiger partial charge in [-0.2, -0.15) is 18.2 Å². The molecule has 9 nitrogen and oxygen atoms in total. The molecule has 33 heavy (non-hydrogen) atoms. The predicted molar refractivity (Wildman–Crippen MR) is 110 cm³/mol. The van der Waals surface area contributed by atoms with Crippen LogP contribution in [0, 0.1) is 0 Å². The van der Waals surface area contributed by atoms with Gasteiger partial charge in [-0.05, 0) is 30.2 Å². The van der Waals surface area contributed by atoms with Crippen molar-refractivity contribution in [1.29, 1.82) is 0 Å². The highest BCUT2D eigenvalue weighted by atomic mass is 19.4. The molecule has 2 aromatic rings. The molecule has 180 valence electrons. The van der Waals surface area contributed by atoms with Crippen molar-refractivity contribution in [3.63, 3.8) is 0 Å². The maximum Gasteiger partial charge on any atom is 0.389 e. The third-order valence-corrected chi connectivity index (χ3v) is 5.22. The number of halogens is 3. The number of rotatable bonds is 8. The minimum atomic E-state index is -4.25. The van der Waals surface area contributed by atoms with Crippen LogP contribution < -0.4 is 11.4 Å². The molecule has 3 rings (SSSR count). The van der Waals surface area contributed by atoms with E-state index >= 15 is 0 Å². The molecule has 1 aliphatic heterocycles. The van der Waals surface area contributed by atoms with Crippen LogP contribution in [0.25, 0.3) is 0 Å². The Hall–Kier alpha value is -2.96. The zero-order chi connectivity index (χ0) is 24.2. The van der Waals surface area contributed by atoms with Gasteiger partial charge >= 0.3 is 17.8 Å². The fourth-order valence-electron chi connectivity index (χ4n) is 3.56. The Bertz CT molecular complexity index is 1010. The van der Waals surface area contributed by atoms with Crippen LogP contribution in [0.3, 0.4) is 0 Å². The van der Waals surface area contributed by atoms with Gasteiger partial charge in [-0.15, -0.1) is 0 Å². The van der Waals surface area contributed by atoms with Crippen molar-refractivity contribution in [2.24, 2.45) is 0 Å². The maximum absolute atomic E-state index is 12.4. The standard InChI is InChI=1S/C21H24F3N3O6/c1-30-16-14(33-18(17(16)31-2)27-10-8-15(25)26-20(27)29)11-32-19(28)13-5-3-12(4-6-13)7-9-21(22,23)24/h3-6,8,10,14,16-18H,7,9,11H2,1-2H3,(H2,25,26,29)/t14?,16?,17?,18-/m1/s1. The average Bonchev–Trinajstić information content (AvgIpc) is 3.13. The van der Waals surface area contributed by atoms with E-state index in [0.717, 1.165) is 0 Å². The van der Waals surface area contributed by atoms with Crippen molar-refractivity contribution in [3.05, 3.63) is 58.1 Å². The van der Waals surface area contributed by atoms with E-state index in [9.17, 15) is 22.8 Å². The molecule has 1 aliphatic rings. The number of alkyl halides is 3. The third-order valence-electron chi connectivity index (χ3n) is 5.22. The van der Waals surface area contributed by atoms with Gasteiger partial charge < -0.3 is 24.7 Å². The van der Waals surface area contributed by atoms with E-state index in [2.05, 4.69) is 4.98 Å². The fraction of sp³-hybridized carbons (Fsp3) is 0.476. The number of ether oxygens (including phenoxy) is 4. The van der Waals surface area contributed by atoms with Gasteiger partial charge in [-0.3, -0.25) is 4.57 Å². The van der Waals surface area contributed by atoms with Gasteiger partial charge in [-0.25, -0.2) is 9.59 Å². The second-order valence-electron chi connectivity index (χ2n) is 7.42. The molecule has 0 saturated carbocycles. The molecule has 1 aromatic heterocycles. The summed E-state index contributed by atoms with van der Waals surface area (Å²) in [5.74, 6) is -0.624. The monoisotopic (exact) mass is 471 g/mol. The number of nitrogens with two attached hydrogens (primary N) is 1. The van der Waals surface area contributed by atoms with Crippen LogP contribution in [-0.4, -0.2) is 60.8 Å². The number of benzene rings is 1. The first-order valence-electron chi connectivity index (χ1n) is 10.0. The van der Waals surface area contributed by atoms with Crippen LogP contribution in [0.5, 0.6) is 0 Å². The highest BCUT2D eigenvalue weighted by Gasteiger charge is 2.47. The van der Waals surface area contributed by atoms with Crippen LogP contribution in [0.2, 0.25) is 0 Å². The van der Waals surface area contributed by atoms with Crippen LogP contribution in [0.15, 0.2) is 41.3 Å². The molecule has 0 amide bonds. The van der Waals surface area contributed by atoms with E-state index in [4.69, 9.17) is 24.7 Å².